The number of aromatic hydroxyl groups is 1. The molecule has 0 spiro atoms. The first kappa shape index (κ1) is 20.1. The van der Waals surface area contributed by atoms with Crippen LogP contribution in [0.5, 0.6) is 5.75 Å². The highest BCUT2D eigenvalue weighted by Gasteiger charge is 2.22. The van der Waals surface area contributed by atoms with Gasteiger partial charge in [-0.25, -0.2) is 8.42 Å². The van der Waals surface area contributed by atoms with Gasteiger partial charge in [-0.15, -0.1) is 0 Å². The van der Waals surface area contributed by atoms with Crippen LogP contribution in [0.4, 0.5) is 0 Å². The van der Waals surface area contributed by atoms with E-state index in [0.717, 1.165) is 12.8 Å². The second-order valence-electron chi connectivity index (χ2n) is 6.12. The quantitative estimate of drug-likeness (QED) is 0.569. The summed E-state index contributed by atoms with van der Waals surface area (Å²) in [5, 5.41) is 10.0. The van der Waals surface area contributed by atoms with Gasteiger partial charge in [-0.2, -0.15) is 0 Å². The van der Waals surface area contributed by atoms with Gasteiger partial charge in [0, 0.05) is 5.02 Å². The number of phenols is 1. The van der Waals surface area contributed by atoms with Crippen LogP contribution in [-0.4, -0.2) is 13.5 Å². The fraction of sp³-hybridized carbons (Fsp3) is 0.368. The third-order valence-electron chi connectivity index (χ3n) is 4.03. The number of phenolic OH excluding ortho intramolecular Hbond substituents is 1. The lowest BCUT2D eigenvalue weighted by molar-refractivity contribution is 0.459. The van der Waals surface area contributed by atoms with Gasteiger partial charge in [0.15, 0.2) is 15.6 Å². The molecule has 136 valence electrons. The number of aryl methyl sites for hydroxylation is 1. The van der Waals surface area contributed by atoms with Crippen molar-refractivity contribution in [1.29, 1.82) is 0 Å². The second-order valence-corrected chi connectivity index (χ2v) is 8.92. The predicted molar refractivity (Wildman–Crippen MR) is 103 cm³/mol. The maximum absolute atomic E-state index is 12.6. The van der Waals surface area contributed by atoms with Gasteiger partial charge in [-0.05, 0) is 36.1 Å². The molecular weight excluding hydrogens is 379 g/mol. The van der Waals surface area contributed by atoms with Crippen LogP contribution in [0.1, 0.15) is 43.7 Å². The molecule has 0 atom stereocenters. The van der Waals surface area contributed by atoms with Crippen LogP contribution in [-0.2, 0) is 22.0 Å². The molecule has 0 aliphatic carbocycles. The zero-order valence-electron chi connectivity index (χ0n) is 14.1. The van der Waals surface area contributed by atoms with Crippen LogP contribution in [0.25, 0.3) is 0 Å². The Bertz CT molecular complexity index is 815. The molecule has 6 heteroatoms. The molecule has 0 amide bonds. The smallest absolute Gasteiger partial charge is 0.186 e. The summed E-state index contributed by atoms with van der Waals surface area (Å²) in [6, 6.07) is 10.1. The Labute approximate surface area is 159 Å². The van der Waals surface area contributed by atoms with E-state index in [1.807, 2.05) is 24.3 Å². The summed E-state index contributed by atoms with van der Waals surface area (Å²) in [6.07, 6.45) is 5.79. The van der Waals surface area contributed by atoms with Crippen molar-refractivity contribution < 1.29 is 13.5 Å². The van der Waals surface area contributed by atoms with Crippen LogP contribution in [0.3, 0.4) is 0 Å². The lowest BCUT2D eigenvalue weighted by atomic mass is 10.1. The largest absolute Gasteiger partial charge is 0.505 e. The van der Waals surface area contributed by atoms with Gasteiger partial charge in [0.05, 0.1) is 10.8 Å². The van der Waals surface area contributed by atoms with E-state index >= 15 is 0 Å². The first-order valence-corrected chi connectivity index (χ1v) is 10.7. The van der Waals surface area contributed by atoms with E-state index in [1.165, 1.54) is 37.0 Å². The number of halogens is 2. The molecule has 0 heterocycles. The van der Waals surface area contributed by atoms with E-state index in [2.05, 4.69) is 6.92 Å². The minimum Gasteiger partial charge on any atom is -0.505 e. The van der Waals surface area contributed by atoms with Gasteiger partial charge in [0.1, 0.15) is 4.90 Å². The van der Waals surface area contributed by atoms with Crippen molar-refractivity contribution in [3.8, 4) is 5.75 Å². The predicted octanol–water partition coefficient (Wildman–Crippen LogP) is 5.80. The highest BCUT2D eigenvalue weighted by molar-refractivity contribution is 7.90. The fourth-order valence-corrected chi connectivity index (χ4v) is 4.75. The fourth-order valence-electron chi connectivity index (χ4n) is 2.63. The van der Waals surface area contributed by atoms with Crippen LogP contribution in [0.2, 0.25) is 10.0 Å². The van der Waals surface area contributed by atoms with Gasteiger partial charge < -0.3 is 5.11 Å². The SMILES string of the molecule is CCCCCCc1ccc(CS(=O)(=O)c2cc(Cl)cc(Cl)c2O)cc1. The van der Waals surface area contributed by atoms with Crippen LogP contribution >= 0.6 is 23.2 Å². The Balaban J connectivity index is 2.11. The maximum atomic E-state index is 12.6. The van der Waals surface area contributed by atoms with Gasteiger partial charge >= 0.3 is 0 Å². The van der Waals surface area contributed by atoms with E-state index in [1.54, 1.807) is 0 Å². The molecule has 3 nitrogen and oxygen atoms in total. The molecule has 2 rings (SSSR count). The Morgan fingerprint density at radius 1 is 0.960 bits per heavy atom. The zero-order valence-corrected chi connectivity index (χ0v) is 16.5. The zero-order chi connectivity index (χ0) is 18.4. The van der Waals surface area contributed by atoms with Gasteiger partial charge in [0.25, 0.3) is 0 Å². The summed E-state index contributed by atoms with van der Waals surface area (Å²) in [4.78, 5) is -0.242. The van der Waals surface area contributed by atoms with Crippen LogP contribution in [0, 0.1) is 0 Å². The number of unbranched alkanes of at least 4 members (excludes halogenated alkanes) is 3. The van der Waals surface area contributed by atoms with Crippen LogP contribution in [0.15, 0.2) is 41.3 Å². The molecule has 0 unspecified atom stereocenters. The number of benzene rings is 2. The number of hydrogen-bond donors (Lipinski definition) is 1. The highest BCUT2D eigenvalue weighted by atomic mass is 35.5. The van der Waals surface area contributed by atoms with Crippen molar-refractivity contribution in [3.05, 3.63) is 57.6 Å². The monoisotopic (exact) mass is 400 g/mol. The molecule has 25 heavy (non-hydrogen) atoms. The molecule has 0 saturated carbocycles. The van der Waals surface area contributed by atoms with Gasteiger partial charge in [0.2, 0.25) is 0 Å². The van der Waals surface area contributed by atoms with E-state index in [4.69, 9.17) is 23.2 Å². The summed E-state index contributed by atoms with van der Waals surface area (Å²) in [5.41, 5.74) is 1.86. The Morgan fingerprint density at radius 2 is 1.60 bits per heavy atom. The summed E-state index contributed by atoms with van der Waals surface area (Å²) >= 11 is 11.7. The average Bonchev–Trinajstić information content (AvgIpc) is 2.56. The van der Waals surface area contributed by atoms with Gasteiger partial charge in [-0.3, -0.25) is 0 Å². The summed E-state index contributed by atoms with van der Waals surface area (Å²) in [6.45, 7) is 2.18. The minimum absolute atomic E-state index is 0.0755. The number of sulfone groups is 1. The molecular formula is C19H22Cl2O3S. The third kappa shape index (κ3) is 5.63. The summed E-state index contributed by atoms with van der Waals surface area (Å²) < 4.78 is 25.2. The first-order chi connectivity index (χ1) is 11.8. The maximum Gasteiger partial charge on any atom is 0.186 e. The Morgan fingerprint density at radius 3 is 2.24 bits per heavy atom. The van der Waals surface area contributed by atoms with Crippen molar-refractivity contribution in [1.82, 2.24) is 0 Å². The van der Waals surface area contributed by atoms with Crippen molar-refractivity contribution in [2.75, 3.05) is 0 Å². The lowest BCUT2D eigenvalue weighted by Crippen LogP contribution is -2.06. The van der Waals surface area contributed by atoms with E-state index < -0.39 is 15.6 Å². The molecule has 2 aromatic carbocycles. The third-order valence-corrected chi connectivity index (χ3v) is 6.23. The molecule has 0 aliphatic rings. The number of rotatable bonds is 8. The molecule has 0 fully saturated rings. The molecule has 0 aromatic heterocycles. The molecule has 0 saturated heterocycles. The molecule has 0 radical (unpaired) electrons. The van der Waals surface area contributed by atoms with E-state index in [9.17, 15) is 13.5 Å². The Hall–Kier alpha value is -1.23. The normalized spacial score (nSPS) is 11.6. The lowest BCUT2D eigenvalue weighted by Gasteiger charge is -2.09. The first-order valence-electron chi connectivity index (χ1n) is 8.32. The van der Waals surface area contributed by atoms with Gasteiger partial charge in [-0.1, -0.05) is 73.7 Å². The van der Waals surface area contributed by atoms with Crippen LogP contribution < -0.4 is 0 Å². The second kappa shape index (κ2) is 8.93. The molecule has 0 aliphatic heterocycles. The van der Waals surface area contributed by atoms with E-state index in [0.29, 0.717) is 5.56 Å². The average molecular weight is 401 g/mol. The van der Waals surface area contributed by atoms with Crippen molar-refractivity contribution in [3.63, 3.8) is 0 Å². The summed E-state index contributed by atoms with van der Waals surface area (Å²) in [5.74, 6) is -0.675. The summed E-state index contributed by atoms with van der Waals surface area (Å²) in [7, 11) is -3.75. The number of hydrogen-bond acceptors (Lipinski definition) is 3. The van der Waals surface area contributed by atoms with Crippen molar-refractivity contribution in [2.45, 2.75) is 49.7 Å². The van der Waals surface area contributed by atoms with Crippen molar-refractivity contribution in [2.24, 2.45) is 0 Å². The Kier molecular flexibility index (Phi) is 7.17. The standard InChI is InChI=1S/C19H22Cl2O3S/c1-2-3-4-5-6-14-7-9-15(10-8-14)13-25(23,24)18-12-16(20)11-17(21)19(18)22/h7-12,22H,2-6,13H2,1H3. The van der Waals surface area contributed by atoms with Crippen molar-refractivity contribution >= 4 is 33.0 Å². The molecule has 1 N–H and O–H groups in total. The topological polar surface area (TPSA) is 54.4 Å². The molecule has 2 aromatic rings. The molecule has 0 bridgehead atoms. The highest BCUT2D eigenvalue weighted by Crippen LogP contribution is 2.35. The minimum atomic E-state index is -3.75. The van der Waals surface area contributed by atoms with E-state index in [-0.39, 0.29) is 20.7 Å².